The molecule has 0 radical (unpaired) electrons. The minimum absolute atomic E-state index is 0.207. The Morgan fingerprint density at radius 2 is 1.77 bits per heavy atom. The van der Waals surface area contributed by atoms with Gasteiger partial charge < -0.3 is 15.5 Å². The van der Waals surface area contributed by atoms with E-state index in [9.17, 15) is 9.18 Å². The molecule has 2 aromatic carbocycles. The molecule has 7 nitrogen and oxygen atoms in total. The molecule has 210 valence electrons. The first kappa shape index (κ1) is 28.7. The van der Waals surface area contributed by atoms with Crippen molar-refractivity contribution in [3.05, 3.63) is 77.1 Å². The normalized spacial score (nSPS) is 14.4. The summed E-state index contributed by atoms with van der Waals surface area (Å²) in [5, 5.41) is 13.7. The molecule has 3 aromatic rings. The molecule has 0 bridgehead atoms. The van der Waals surface area contributed by atoms with Crippen LogP contribution in [-0.2, 0) is 13.1 Å². The predicted octanol–water partition coefficient (Wildman–Crippen LogP) is 6.42. The Hall–Kier alpha value is -3.26. The zero-order valence-electron chi connectivity index (χ0n) is 23.2. The molecule has 0 atom stereocenters. The molecule has 0 spiro atoms. The number of benzene rings is 2. The highest BCUT2D eigenvalue weighted by molar-refractivity contribution is 5.95. The average Bonchev–Trinajstić information content (AvgIpc) is 3.44. The first-order valence-corrected chi connectivity index (χ1v) is 14.6. The number of hydrogen-bond acceptors (Lipinski definition) is 5. The van der Waals surface area contributed by atoms with E-state index in [-0.39, 0.29) is 18.3 Å². The lowest BCUT2D eigenvalue weighted by molar-refractivity contribution is 0.0951. The largest absolute Gasteiger partial charge is 0.378 e. The zero-order valence-corrected chi connectivity index (χ0v) is 23.2. The van der Waals surface area contributed by atoms with Crippen LogP contribution < -0.4 is 10.6 Å². The molecule has 1 aliphatic rings. The Kier molecular flexibility index (Phi) is 11.3. The fourth-order valence-corrected chi connectivity index (χ4v) is 5.18. The number of halogens is 1. The molecule has 3 N–H and O–H groups in total. The molecule has 4 rings (SSSR count). The molecule has 1 saturated heterocycles. The number of nitrogens with one attached hydrogen (secondary N) is 3. The molecule has 1 aliphatic heterocycles. The maximum Gasteiger partial charge on any atom is 0.251 e. The third-order valence-corrected chi connectivity index (χ3v) is 7.52. The molecule has 2 heterocycles. The summed E-state index contributed by atoms with van der Waals surface area (Å²) in [7, 11) is 0. The number of H-pyrrole nitrogens is 1. The first-order chi connectivity index (χ1) is 19.1. The van der Waals surface area contributed by atoms with Gasteiger partial charge in [-0.15, -0.1) is 0 Å². The second-order valence-corrected chi connectivity index (χ2v) is 10.6. The smallest absolute Gasteiger partial charge is 0.251 e. The van der Waals surface area contributed by atoms with Gasteiger partial charge in [0.15, 0.2) is 5.82 Å². The van der Waals surface area contributed by atoms with Crippen molar-refractivity contribution in [3.8, 4) is 0 Å². The van der Waals surface area contributed by atoms with Gasteiger partial charge >= 0.3 is 0 Å². The van der Waals surface area contributed by atoms with Crippen LogP contribution in [0.15, 0.2) is 48.5 Å². The van der Waals surface area contributed by atoms with Crippen molar-refractivity contribution in [1.82, 2.24) is 25.4 Å². The van der Waals surface area contributed by atoms with E-state index in [4.69, 9.17) is 4.98 Å². The van der Waals surface area contributed by atoms with E-state index in [2.05, 4.69) is 32.7 Å². The van der Waals surface area contributed by atoms with E-state index in [0.29, 0.717) is 18.0 Å². The summed E-state index contributed by atoms with van der Waals surface area (Å²) in [6.45, 7) is 6.48. The number of nitrogens with zero attached hydrogens (tertiary/aromatic N) is 3. The van der Waals surface area contributed by atoms with Crippen molar-refractivity contribution >= 4 is 11.6 Å². The predicted molar refractivity (Wildman–Crippen MR) is 154 cm³/mol. The van der Waals surface area contributed by atoms with Gasteiger partial charge in [0.2, 0.25) is 0 Å². The van der Waals surface area contributed by atoms with E-state index < -0.39 is 0 Å². The summed E-state index contributed by atoms with van der Waals surface area (Å²) in [5.41, 5.74) is 2.07. The van der Waals surface area contributed by atoms with Crippen molar-refractivity contribution < 1.29 is 9.18 Å². The fourth-order valence-electron chi connectivity index (χ4n) is 5.18. The average molecular weight is 535 g/mol. The Morgan fingerprint density at radius 1 is 1.00 bits per heavy atom. The minimum atomic E-state index is -0.313. The van der Waals surface area contributed by atoms with Crippen LogP contribution in [-0.4, -0.2) is 45.6 Å². The van der Waals surface area contributed by atoms with Crippen LogP contribution in [0, 0.1) is 5.82 Å². The van der Waals surface area contributed by atoms with E-state index in [0.717, 1.165) is 48.8 Å². The Morgan fingerprint density at radius 3 is 2.56 bits per heavy atom. The number of carbonyl (C=O) groups is 1. The van der Waals surface area contributed by atoms with Gasteiger partial charge in [-0.05, 0) is 74.8 Å². The Bertz CT molecular complexity index is 1160. The van der Waals surface area contributed by atoms with E-state index in [1.165, 1.54) is 63.6 Å². The van der Waals surface area contributed by atoms with Crippen LogP contribution >= 0.6 is 0 Å². The van der Waals surface area contributed by atoms with Crippen molar-refractivity contribution in [1.29, 1.82) is 0 Å². The highest BCUT2D eigenvalue weighted by Gasteiger charge is 2.23. The zero-order chi connectivity index (χ0) is 27.3. The van der Waals surface area contributed by atoms with Gasteiger partial charge in [-0.25, -0.2) is 9.37 Å². The third kappa shape index (κ3) is 9.46. The molecule has 0 unspecified atom stereocenters. The van der Waals surface area contributed by atoms with Crippen LogP contribution in [0.5, 0.6) is 0 Å². The summed E-state index contributed by atoms with van der Waals surface area (Å²) in [6.07, 6.45) is 11.7. The van der Waals surface area contributed by atoms with E-state index in [1.807, 2.05) is 12.1 Å². The number of anilines is 1. The first-order valence-electron chi connectivity index (χ1n) is 14.6. The number of amides is 1. The molecular formula is C31H43FN6O. The number of aromatic nitrogens is 3. The fraction of sp³-hybridized carbons (Fsp3) is 0.516. The number of hydrogen-bond donors (Lipinski definition) is 3. The number of rotatable bonds is 15. The van der Waals surface area contributed by atoms with Gasteiger partial charge in [-0.1, -0.05) is 63.6 Å². The molecule has 0 aliphatic carbocycles. The summed E-state index contributed by atoms with van der Waals surface area (Å²) in [4.78, 5) is 19.9. The third-order valence-electron chi connectivity index (χ3n) is 7.52. The van der Waals surface area contributed by atoms with Gasteiger partial charge in [0.25, 0.3) is 5.91 Å². The molecule has 1 aromatic heterocycles. The molecule has 1 amide bonds. The van der Waals surface area contributed by atoms with Crippen molar-refractivity contribution in [3.63, 3.8) is 0 Å². The SMILES string of the molecule is CCCCCCCCCN1CCC(c2nc(CNc3cccc(C(=O)NCc4cccc(F)c4)c3)n[nH]2)CC1. The van der Waals surface area contributed by atoms with E-state index >= 15 is 0 Å². The number of piperidine rings is 1. The minimum Gasteiger partial charge on any atom is -0.378 e. The van der Waals surface area contributed by atoms with Gasteiger partial charge in [0.1, 0.15) is 11.6 Å². The Balaban J connectivity index is 1.17. The summed E-state index contributed by atoms with van der Waals surface area (Å²) >= 11 is 0. The molecule has 1 fully saturated rings. The maximum atomic E-state index is 13.4. The topological polar surface area (TPSA) is 85.9 Å². The van der Waals surface area contributed by atoms with Gasteiger partial charge in [-0.2, -0.15) is 5.10 Å². The standard InChI is InChI=1S/C31H43FN6O/c1-2-3-4-5-6-7-8-17-38-18-15-25(16-19-38)30-35-29(36-37-30)23-33-28-14-10-12-26(21-28)31(39)34-22-24-11-9-13-27(32)20-24/h9-14,20-21,25,33H,2-8,15-19,22-23H2,1H3,(H,34,39)(H,35,36,37). The van der Waals surface area contributed by atoms with Crippen molar-refractivity contribution in [2.24, 2.45) is 0 Å². The lowest BCUT2D eigenvalue weighted by atomic mass is 9.96. The summed E-state index contributed by atoms with van der Waals surface area (Å²) in [5.74, 6) is 1.61. The lowest BCUT2D eigenvalue weighted by Gasteiger charge is -2.30. The van der Waals surface area contributed by atoms with Crippen molar-refractivity contribution in [2.75, 3.05) is 25.0 Å². The highest BCUT2D eigenvalue weighted by atomic mass is 19.1. The second-order valence-electron chi connectivity index (χ2n) is 10.6. The summed E-state index contributed by atoms with van der Waals surface area (Å²) in [6, 6.07) is 13.5. The van der Waals surface area contributed by atoms with Gasteiger partial charge in [0.05, 0.1) is 6.54 Å². The van der Waals surface area contributed by atoms with Crippen LogP contribution in [0.4, 0.5) is 10.1 Å². The van der Waals surface area contributed by atoms with Crippen LogP contribution in [0.1, 0.15) is 98.2 Å². The number of aromatic amines is 1. The van der Waals surface area contributed by atoms with Crippen LogP contribution in [0.2, 0.25) is 0 Å². The number of carbonyl (C=O) groups excluding carboxylic acids is 1. The highest BCUT2D eigenvalue weighted by Crippen LogP contribution is 2.26. The van der Waals surface area contributed by atoms with Gasteiger partial charge in [-0.3, -0.25) is 9.89 Å². The second kappa shape index (κ2) is 15.4. The molecular weight excluding hydrogens is 491 g/mol. The van der Waals surface area contributed by atoms with Crippen LogP contribution in [0.3, 0.4) is 0 Å². The number of likely N-dealkylation sites (tertiary alicyclic amines) is 1. The molecule has 8 heteroatoms. The van der Waals surface area contributed by atoms with Gasteiger partial charge in [0, 0.05) is 23.7 Å². The monoisotopic (exact) mass is 534 g/mol. The molecule has 0 saturated carbocycles. The lowest BCUT2D eigenvalue weighted by Crippen LogP contribution is -2.34. The van der Waals surface area contributed by atoms with Crippen LogP contribution in [0.25, 0.3) is 0 Å². The number of unbranched alkanes of at least 4 members (excludes halogenated alkanes) is 6. The van der Waals surface area contributed by atoms with Crippen molar-refractivity contribution in [2.45, 2.75) is 83.7 Å². The van der Waals surface area contributed by atoms with E-state index in [1.54, 1.807) is 24.3 Å². The molecule has 39 heavy (non-hydrogen) atoms. The summed E-state index contributed by atoms with van der Waals surface area (Å²) < 4.78 is 13.4. The Labute approximate surface area is 232 Å². The quantitative estimate of drug-likeness (QED) is 0.196. The maximum absolute atomic E-state index is 13.4.